The Morgan fingerprint density at radius 3 is 0.880 bits per heavy atom. The van der Waals surface area contributed by atoms with E-state index in [0.29, 0.717) is 24.3 Å². The van der Waals surface area contributed by atoms with Crippen LogP contribution in [0.25, 0.3) is 0 Å². The fraction of sp³-hybridized carbons (Fsp3) is 0.500. The standard InChI is InChI=1S/C28H32F8N2O12/c1-7-17(39)45-11-23(5,12-46-18(40)8-2)37-21(43)49-15-25(29,30)27(33,34)28(35,36)26(31,32)16-50-22(44)38-24(6,13-47-19(41)9-3)14-48-20(42)10-4/h7-10H,1-4,11-16H2,5-6H3,(H,37,43)(H,38,44). The molecule has 0 saturated carbocycles. The average Bonchev–Trinajstić information content (AvgIpc) is 3.05. The molecule has 0 aromatic heterocycles. The summed E-state index contributed by atoms with van der Waals surface area (Å²) in [6, 6.07) is 0. The topological polar surface area (TPSA) is 182 Å². The van der Waals surface area contributed by atoms with Gasteiger partial charge in [0.2, 0.25) is 0 Å². The van der Waals surface area contributed by atoms with Gasteiger partial charge < -0.3 is 39.1 Å². The minimum atomic E-state index is -7.00. The summed E-state index contributed by atoms with van der Waals surface area (Å²) in [5, 5.41) is 3.41. The third-order valence-electron chi connectivity index (χ3n) is 5.69. The molecule has 0 bridgehead atoms. The summed E-state index contributed by atoms with van der Waals surface area (Å²) in [5.74, 6) is -30.9. The van der Waals surface area contributed by atoms with Gasteiger partial charge in [0.05, 0.1) is 0 Å². The average molecular weight is 741 g/mol. The van der Waals surface area contributed by atoms with Gasteiger partial charge in [0, 0.05) is 24.3 Å². The molecular formula is C28H32F8N2O12. The summed E-state index contributed by atoms with van der Waals surface area (Å²) in [4.78, 5) is 69.6. The predicted octanol–water partition coefficient (Wildman–Crippen LogP) is 3.41. The molecule has 50 heavy (non-hydrogen) atoms. The third-order valence-corrected chi connectivity index (χ3v) is 5.69. The zero-order valence-electron chi connectivity index (χ0n) is 26.3. The van der Waals surface area contributed by atoms with Crippen molar-refractivity contribution in [2.24, 2.45) is 0 Å². The minimum absolute atomic E-state index is 0.648. The monoisotopic (exact) mass is 740 g/mol. The Bertz CT molecular complexity index is 1180. The third kappa shape index (κ3) is 13.0. The van der Waals surface area contributed by atoms with E-state index in [1.165, 1.54) is 0 Å². The summed E-state index contributed by atoms with van der Waals surface area (Å²) in [5.41, 5.74) is -4.06. The van der Waals surface area contributed by atoms with Crippen molar-refractivity contribution in [3.8, 4) is 0 Å². The summed E-state index contributed by atoms with van der Waals surface area (Å²) in [6.07, 6.45) is -1.57. The van der Waals surface area contributed by atoms with Gasteiger partial charge in [-0.05, 0) is 13.8 Å². The van der Waals surface area contributed by atoms with Crippen LogP contribution in [0.4, 0.5) is 44.7 Å². The smallest absolute Gasteiger partial charge is 0.408 e. The molecule has 2 amide bonds. The summed E-state index contributed by atoms with van der Waals surface area (Å²) in [6.45, 7) is 4.77. The van der Waals surface area contributed by atoms with Crippen molar-refractivity contribution < 1.29 is 92.3 Å². The number of halogens is 8. The maximum absolute atomic E-state index is 14.4. The molecule has 0 aliphatic carbocycles. The highest BCUT2D eigenvalue weighted by Gasteiger charge is 2.81. The van der Waals surface area contributed by atoms with Crippen molar-refractivity contribution in [2.45, 2.75) is 48.6 Å². The Balaban J connectivity index is 5.77. The molecule has 0 aromatic rings. The molecule has 0 atom stereocenters. The molecule has 0 aliphatic heterocycles. The summed E-state index contributed by atoms with van der Waals surface area (Å²) < 4.78 is 141. The quantitative estimate of drug-likeness (QED) is 0.0759. The van der Waals surface area contributed by atoms with Crippen LogP contribution in [0.15, 0.2) is 50.6 Å². The summed E-state index contributed by atoms with van der Waals surface area (Å²) in [7, 11) is 0. The van der Waals surface area contributed by atoms with E-state index in [1.807, 2.05) is 0 Å². The van der Waals surface area contributed by atoms with Crippen LogP contribution in [0.2, 0.25) is 0 Å². The zero-order valence-corrected chi connectivity index (χ0v) is 26.3. The molecule has 0 aromatic carbocycles. The van der Waals surface area contributed by atoms with Crippen LogP contribution in [-0.4, -0.2) is 110 Å². The lowest BCUT2D eigenvalue weighted by atomic mass is 9.99. The minimum Gasteiger partial charge on any atom is -0.460 e. The molecule has 0 fully saturated rings. The molecule has 2 N–H and O–H groups in total. The first-order valence-corrected chi connectivity index (χ1v) is 13.4. The lowest BCUT2D eigenvalue weighted by Crippen LogP contribution is -2.65. The van der Waals surface area contributed by atoms with Crippen molar-refractivity contribution in [3.63, 3.8) is 0 Å². The SMILES string of the molecule is C=CC(=O)OCC(C)(COC(=O)C=C)NC(=O)OCC(F)(F)C(F)(F)C(F)(F)C(F)(F)COC(=O)NC(C)(COC(=O)C=C)COC(=O)C=C. The number of rotatable bonds is 21. The number of alkyl halides is 8. The van der Waals surface area contributed by atoms with E-state index in [2.05, 4.69) is 54.7 Å². The first kappa shape index (κ1) is 44.8. The summed E-state index contributed by atoms with van der Waals surface area (Å²) >= 11 is 0. The van der Waals surface area contributed by atoms with E-state index in [-0.39, 0.29) is 0 Å². The van der Waals surface area contributed by atoms with Crippen molar-refractivity contribution >= 4 is 36.1 Å². The second kappa shape index (κ2) is 18.0. The van der Waals surface area contributed by atoms with E-state index >= 15 is 0 Å². The number of ether oxygens (including phenoxy) is 6. The molecule has 0 heterocycles. The van der Waals surface area contributed by atoms with Crippen LogP contribution in [0.1, 0.15) is 13.8 Å². The number of esters is 4. The van der Waals surface area contributed by atoms with Crippen molar-refractivity contribution in [2.75, 3.05) is 39.6 Å². The Kier molecular flexibility index (Phi) is 16.1. The number of amides is 2. The molecule has 0 spiro atoms. The van der Waals surface area contributed by atoms with Gasteiger partial charge in [-0.25, -0.2) is 28.8 Å². The second-order valence-electron chi connectivity index (χ2n) is 10.3. The largest absolute Gasteiger partial charge is 0.460 e. The Morgan fingerprint density at radius 1 is 0.460 bits per heavy atom. The number of hydrogen-bond donors (Lipinski definition) is 2. The fourth-order valence-corrected chi connectivity index (χ4v) is 2.90. The predicted molar refractivity (Wildman–Crippen MR) is 150 cm³/mol. The maximum Gasteiger partial charge on any atom is 0.408 e. The molecule has 22 heteroatoms. The number of nitrogens with one attached hydrogen (secondary N) is 2. The normalized spacial score (nSPS) is 12.3. The van der Waals surface area contributed by atoms with Gasteiger partial charge >= 0.3 is 59.8 Å². The van der Waals surface area contributed by atoms with Gasteiger partial charge in [0.15, 0.2) is 13.2 Å². The van der Waals surface area contributed by atoms with Gasteiger partial charge in [0.1, 0.15) is 37.5 Å². The number of carbonyl (C=O) groups is 6. The first-order valence-electron chi connectivity index (χ1n) is 13.4. The fourth-order valence-electron chi connectivity index (χ4n) is 2.90. The molecule has 14 nitrogen and oxygen atoms in total. The van der Waals surface area contributed by atoms with E-state index < -0.39 is 110 Å². The lowest BCUT2D eigenvalue weighted by Gasteiger charge is -2.36. The highest BCUT2D eigenvalue weighted by atomic mass is 19.4. The molecule has 0 saturated heterocycles. The van der Waals surface area contributed by atoms with Crippen LogP contribution < -0.4 is 10.6 Å². The van der Waals surface area contributed by atoms with Gasteiger partial charge in [0.25, 0.3) is 0 Å². The van der Waals surface area contributed by atoms with Gasteiger partial charge in [-0.2, -0.15) is 35.1 Å². The lowest BCUT2D eigenvalue weighted by molar-refractivity contribution is -0.373. The molecule has 0 rings (SSSR count). The van der Waals surface area contributed by atoms with Gasteiger partial charge in [-0.3, -0.25) is 0 Å². The zero-order chi connectivity index (χ0) is 39.2. The second-order valence-corrected chi connectivity index (χ2v) is 10.3. The van der Waals surface area contributed by atoms with Crippen LogP contribution in [-0.2, 0) is 47.6 Å². The Labute approximate surface area is 278 Å². The van der Waals surface area contributed by atoms with Gasteiger partial charge in [-0.1, -0.05) is 26.3 Å². The van der Waals surface area contributed by atoms with Crippen molar-refractivity contribution in [3.05, 3.63) is 50.6 Å². The van der Waals surface area contributed by atoms with Crippen LogP contribution in [0, 0.1) is 0 Å². The highest BCUT2D eigenvalue weighted by Crippen LogP contribution is 2.52. The molecular weight excluding hydrogens is 708 g/mol. The Morgan fingerprint density at radius 2 is 0.680 bits per heavy atom. The van der Waals surface area contributed by atoms with Crippen molar-refractivity contribution in [1.82, 2.24) is 10.6 Å². The molecule has 0 radical (unpaired) electrons. The molecule has 282 valence electrons. The number of carbonyl (C=O) groups excluding carboxylic acids is 6. The highest BCUT2D eigenvalue weighted by molar-refractivity contribution is 5.82. The number of hydrogen-bond acceptors (Lipinski definition) is 12. The molecule has 0 unspecified atom stereocenters. The van der Waals surface area contributed by atoms with Crippen LogP contribution in [0.3, 0.4) is 0 Å². The van der Waals surface area contributed by atoms with E-state index in [9.17, 15) is 63.9 Å². The molecule has 0 aliphatic rings. The Hall–Kier alpha value is -5.18. The maximum atomic E-state index is 14.4. The van der Waals surface area contributed by atoms with Crippen molar-refractivity contribution in [1.29, 1.82) is 0 Å². The first-order chi connectivity index (χ1) is 22.8. The van der Waals surface area contributed by atoms with E-state index in [0.717, 1.165) is 13.8 Å². The van der Waals surface area contributed by atoms with Crippen LogP contribution >= 0.6 is 0 Å². The van der Waals surface area contributed by atoms with Crippen LogP contribution in [0.5, 0.6) is 0 Å². The van der Waals surface area contributed by atoms with Gasteiger partial charge in [-0.15, -0.1) is 0 Å². The number of alkyl carbamates (subject to hydrolysis) is 2. The van der Waals surface area contributed by atoms with E-state index in [1.54, 1.807) is 10.6 Å². The van der Waals surface area contributed by atoms with E-state index in [4.69, 9.17) is 0 Å².